The fourth-order valence-electron chi connectivity index (χ4n) is 2.15. The Kier molecular flexibility index (Phi) is 4.73. The normalized spacial score (nSPS) is 12.3. The molecule has 1 unspecified atom stereocenters. The fraction of sp³-hybridized carbons (Fsp3) is 0.176. The van der Waals surface area contributed by atoms with Gasteiger partial charge in [-0.25, -0.2) is 13.8 Å². The SMILES string of the molecule is CC(NCc1ncccc1F)c1csc(-c2ccccc2F)n1. The maximum Gasteiger partial charge on any atom is 0.146 e. The highest BCUT2D eigenvalue weighted by Gasteiger charge is 2.14. The lowest BCUT2D eigenvalue weighted by atomic mass is 10.2. The van der Waals surface area contributed by atoms with Gasteiger partial charge >= 0.3 is 0 Å². The molecule has 0 radical (unpaired) electrons. The molecular formula is C17H15F2N3S. The molecule has 3 rings (SSSR count). The van der Waals surface area contributed by atoms with Crippen LogP contribution in [0.5, 0.6) is 0 Å². The van der Waals surface area contributed by atoms with Gasteiger partial charge in [-0.05, 0) is 31.2 Å². The van der Waals surface area contributed by atoms with Gasteiger partial charge in [0.1, 0.15) is 16.6 Å². The van der Waals surface area contributed by atoms with E-state index in [2.05, 4.69) is 15.3 Å². The third-order valence-corrected chi connectivity index (χ3v) is 4.37. The molecule has 0 spiro atoms. The van der Waals surface area contributed by atoms with E-state index in [9.17, 15) is 8.78 Å². The van der Waals surface area contributed by atoms with Crippen LogP contribution in [0.2, 0.25) is 0 Å². The Morgan fingerprint density at radius 3 is 2.70 bits per heavy atom. The molecule has 0 aliphatic rings. The highest BCUT2D eigenvalue weighted by molar-refractivity contribution is 7.13. The molecule has 23 heavy (non-hydrogen) atoms. The fourth-order valence-corrected chi connectivity index (χ4v) is 3.09. The van der Waals surface area contributed by atoms with E-state index in [1.807, 2.05) is 12.3 Å². The summed E-state index contributed by atoms with van der Waals surface area (Å²) < 4.78 is 27.4. The zero-order valence-corrected chi connectivity index (χ0v) is 13.3. The van der Waals surface area contributed by atoms with Crippen LogP contribution in [0.3, 0.4) is 0 Å². The summed E-state index contributed by atoms with van der Waals surface area (Å²) in [5.74, 6) is -0.623. The van der Waals surface area contributed by atoms with E-state index in [4.69, 9.17) is 0 Å². The summed E-state index contributed by atoms with van der Waals surface area (Å²) in [6.07, 6.45) is 1.56. The van der Waals surface area contributed by atoms with Gasteiger partial charge in [0.15, 0.2) is 0 Å². The summed E-state index contributed by atoms with van der Waals surface area (Å²) in [6, 6.07) is 9.41. The lowest BCUT2D eigenvalue weighted by Crippen LogP contribution is -2.19. The highest BCUT2D eigenvalue weighted by atomic mass is 32.1. The molecule has 1 N–H and O–H groups in total. The highest BCUT2D eigenvalue weighted by Crippen LogP contribution is 2.28. The van der Waals surface area contributed by atoms with Crippen LogP contribution in [0, 0.1) is 11.6 Å². The van der Waals surface area contributed by atoms with Crippen molar-refractivity contribution in [2.45, 2.75) is 19.5 Å². The summed E-state index contributed by atoms with van der Waals surface area (Å²) >= 11 is 1.39. The number of aromatic nitrogens is 2. The van der Waals surface area contributed by atoms with Gasteiger partial charge in [0, 0.05) is 29.7 Å². The number of halogens is 2. The van der Waals surface area contributed by atoms with Crippen LogP contribution in [0.4, 0.5) is 8.78 Å². The molecular weight excluding hydrogens is 316 g/mol. The number of nitrogens with one attached hydrogen (secondary N) is 1. The molecule has 0 saturated carbocycles. The molecule has 0 amide bonds. The van der Waals surface area contributed by atoms with Crippen molar-refractivity contribution >= 4 is 11.3 Å². The van der Waals surface area contributed by atoms with Crippen molar-refractivity contribution in [1.29, 1.82) is 0 Å². The topological polar surface area (TPSA) is 37.8 Å². The Labute approximate surface area is 137 Å². The van der Waals surface area contributed by atoms with Crippen molar-refractivity contribution in [3.63, 3.8) is 0 Å². The van der Waals surface area contributed by atoms with Crippen molar-refractivity contribution < 1.29 is 8.78 Å². The molecule has 2 aromatic heterocycles. The first-order valence-corrected chi connectivity index (χ1v) is 8.06. The Balaban J connectivity index is 1.71. The Hall–Kier alpha value is -2.18. The lowest BCUT2D eigenvalue weighted by Gasteiger charge is -2.11. The van der Waals surface area contributed by atoms with Crippen LogP contribution < -0.4 is 5.32 Å². The predicted octanol–water partition coefficient (Wildman–Crippen LogP) is 4.33. The zero-order chi connectivity index (χ0) is 16.2. The Morgan fingerprint density at radius 1 is 1.13 bits per heavy atom. The Bertz CT molecular complexity index is 804. The van der Waals surface area contributed by atoms with E-state index in [1.165, 1.54) is 23.5 Å². The van der Waals surface area contributed by atoms with E-state index in [1.54, 1.807) is 30.5 Å². The average Bonchev–Trinajstić information content (AvgIpc) is 3.04. The molecule has 0 bridgehead atoms. The van der Waals surface area contributed by atoms with Crippen molar-refractivity contribution in [3.05, 3.63) is 71.0 Å². The van der Waals surface area contributed by atoms with E-state index < -0.39 is 0 Å². The minimum absolute atomic E-state index is 0.0896. The smallest absolute Gasteiger partial charge is 0.146 e. The van der Waals surface area contributed by atoms with Crippen LogP contribution in [0.15, 0.2) is 48.0 Å². The van der Waals surface area contributed by atoms with Gasteiger partial charge < -0.3 is 5.32 Å². The van der Waals surface area contributed by atoms with Crippen LogP contribution >= 0.6 is 11.3 Å². The van der Waals surface area contributed by atoms with Crippen LogP contribution in [0.25, 0.3) is 10.6 Å². The van der Waals surface area contributed by atoms with Gasteiger partial charge in [-0.15, -0.1) is 11.3 Å². The van der Waals surface area contributed by atoms with Gasteiger partial charge in [-0.1, -0.05) is 12.1 Å². The first kappa shape index (κ1) is 15.7. The molecule has 0 saturated heterocycles. The maximum atomic E-state index is 13.8. The molecule has 3 aromatic rings. The molecule has 3 nitrogen and oxygen atoms in total. The van der Waals surface area contributed by atoms with Crippen LogP contribution in [0.1, 0.15) is 24.4 Å². The Morgan fingerprint density at radius 2 is 1.91 bits per heavy atom. The summed E-state index contributed by atoms with van der Waals surface area (Å²) in [7, 11) is 0. The minimum Gasteiger partial charge on any atom is -0.303 e. The predicted molar refractivity (Wildman–Crippen MR) is 87.0 cm³/mol. The summed E-state index contributed by atoms with van der Waals surface area (Å²) in [5, 5.41) is 5.70. The van der Waals surface area contributed by atoms with Crippen LogP contribution in [-0.4, -0.2) is 9.97 Å². The van der Waals surface area contributed by atoms with E-state index in [-0.39, 0.29) is 17.7 Å². The molecule has 118 valence electrons. The van der Waals surface area contributed by atoms with Crippen molar-refractivity contribution in [3.8, 4) is 10.6 Å². The van der Waals surface area contributed by atoms with Crippen molar-refractivity contribution in [2.24, 2.45) is 0 Å². The second-order valence-corrected chi connectivity index (χ2v) is 5.95. The van der Waals surface area contributed by atoms with E-state index in [0.717, 1.165) is 5.69 Å². The minimum atomic E-state index is -0.336. The quantitative estimate of drug-likeness (QED) is 0.756. The van der Waals surface area contributed by atoms with Gasteiger partial charge in [0.2, 0.25) is 0 Å². The number of benzene rings is 1. The molecule has 0 aliphatic carbocycles. The molecule has 6 heteroatoms. The first-order valence-electron chi connectivity index (χ1n) is 7.18. The number of thiazole rings is 1. The van der Waals surface area contributed by atoms with E-state index in [0.29, 0.717) is 22.8 Å². The molecule has 1 atom stereocenters. The lowest BCUT2D eigenvalue weighted by molar-refractivity contribution is 0.527. The standard InChI is InChI=1S/C17H15F2N3S/c1-11(21-9-15-14(19)7-4-8-20-15)16-10-23-17(22-16)12-5-2-3-6-13(12)18/h2-8,10-11,21H,9H2,1H3. The number of pyridine rings is 1. The van der Waals surface area contributed by atoms with Gasteiger partial charge in [0.25, 0.3) is 0 Å². The monoisotopic (exact) mass is 331 g/mol. The third-order valence-electron chi connectivity index (χ3n) is 3.48. The first-order chi connectivity index (χ1) is 11.1. The molecule has 0 fully saturated rings. The van der Waals surface area contributed by atoms with Crippen molar-refractivity contribution in [1.82, 2.24) is 15.3 Å². The number of nitrogens with zero attached hydrogens (tertiary/aromatic N) is 2. The van der Waals surface area contributed by atoms with Gasteiger partial charge in [-0.2, -0.15) is 0 Å². The number of rotatable bonds is 5. The third kappa shape index (κ3) is 3.60. The second kappa shape index (κ2) is 6.93. The van der Waals surface area contributed by atoms with Gasteiger partial charge in [0.05, 0.1) is 11.4 Å². The van der Waals surface area contributed by atoms with Crippen molar-refractivity contribution in [2.75, 3.05) is 0 Å². The zero-order valence-electron chi connectivity index (χ0n) is 12.5. The largest absolute Gasteiger partial charge is 0.303 e. The number of hydrogen-bond donors (Lipinski definition) is 1. The summed E-state index contributed by atoms with van der Waals surface area (Å²) in [6.45, 7) is 2.24. The summed E-state index contributed by atoms with van der Waals surface area (Å²) in [5.41, 5.74) is 1.65. The van der Waals surface area contributed by atoms with Gasteiger partial charge in [-0.3, -0.25) is 4.98 Å². The molecule has 0 aliphatic heterocycles. The summed E-state index contributed by atoms with van der Waals surface area (Å²) in [4.78, 5) is 8.48. The molecule has 1 aromatic carbocycles. The van der Waals surface area contributed by atoms with E-state index >= 15 is 0 Å². The molecule has 2 heterocycles. The number of hydrogen-bond acceptors (Lipinski definition) is 4. The maximum absolute atomic E-state index is 13.8. The van der Waals surface area contributed by atoms with Crippen LogP contribution in [-0.2, 0) is 6.54 Å². The second-order valence-electron chi connectivity index (χ2n) is 5.09. The average molecular weight is 331 g/mol.